The van der Waals surface area contributed by atoms with Crippen LogP contribution in [0.3, 0.4) is 0 Å². The fourth-order valence-electron chi connectivity index (χ4n) is 0. The van der Waals surface area contributed by atoms with Crippen LogP contribution in [0.1, 0.15) is 0 Å². The quantitative estimate of drug-likeness (QED) is 0.354. The van der Waals surface area contributed by atoms with Crippen LogP contribution in [-0.4, -0.2) is 40.5 Å². The van der Waals surface area contributed by atoms with Crippen LogP contribution in [0.4, 0.5) is 0 Å². The molecule has 0 aliphatic rings. The average Bonchev–Trinajstić information content (AvgIpc) is 1.12. The summed E-state index contributed by atoms with van der Waals surface area (Å²) < 4.78 is 65.7. The Kier molecular flexibility index (Phi) is 15.6. The van der Waals surface area contributed by atoms with Gasteiger partial charge in [-0.1, -0.05) is 0 Å². The second-order valence-electron chi connectivity index (χ2n) is 0.856. The Hall–Kier alpha value is 0.583. The third kappa shape index (κ3) is 2860. The Morgan fingerprint density at radius 3 is 0.917 bits per heavy atom. The van der Waals surface area contributed by atoms with Gasteiger partial charge in [0.15, 0.2) is 0 Å². The molecule has 0 aromatic heterocycles. The summed E-state index contributed by atoms with van der Waals surface area (Å²) in [4.78, 5) is 0. The fraction of sp³-hybridized carbons (Fsp3) is 0. The van der Waals surface area contributed by atoms with Gasteiger partial charge in [0.25, 0.3) is 0 Å². The molecule has 0 aliphatic carbocycles. The summed E-state index contributed by atoms with van der Waals surface area (Å²) in [5.41, 5.74) is 0. The first-order valence-corrected chi connectivity index (χ1v) is 4.10. The predicted molar refractivity (Wildman–Crippen MR) is 28.3 cm³/mol. The van der Waals surface area contributed by atoms with E-state index < -0.39 is 20.8 Å². The SMILES string of the molecule is O.O=S(=O)(O)O.O=S(=O)([O-])[O-].[Zr+2]. The molecule has 0 rings (SSSR count). The van der Waals surface area contributed by atoms with Crippen LogP contribution in [0, 0.1) is 0 Å². The maximum absolute atomic E-state index is 8.74. The van der Waals surface area contributed by atoms with Crippen molar-refractivity contribution < 1.29 is 66.7 Å². The minimum atomic E-state index is -5.17. The normalized spacial score (nSPS) is 9.67. The average molecular weight is 303 g/mol. The van der Waals surface area contributed by atoms with E-state index in [1.807, 2.05) is 0 Å². The van der Waals surface area contributed by atoms with Gasteiger partial charge in [-0.25, -0.2) is 0 Å². The molecule has 0 spiro atoms. The van der Waals surface area contributed by atoms with Crippen LogP contribution >= 0.6 is 0 Å². The van der Waals surface area contributed by atoms with E-state index in [1.54, 1.807) is 0 Å². The standard InChI is InChI=1S/2H2O4S.H2O.Zr/c2*1-5(2,3)4;;/h2*(H2,1,2,3,4);1H2;/q;;;+2/p-2. The maximum Gasteiger partial charge on any atom is 2.00 e. The molecule has 0 bridgehead atoms. The molecule has 12 heavy (non-hydrogen) atoms. The van der Waals surface area contributed by atoms with Gasteiger partial charge < -0.3 is 14.6 Å². The van der Waals surface area contributed by atoms with E-state index in [9.17, 15) is 0 Å². The van der Waals surface area contributed by atoms with Crippen LogP contribution in [0.25, 0.3) is 0 Å². The number of rotatable bonds is 0. The molecule has 9 nitrogen and oxygen atoms in total. The van der Waals surface area contributed by atoms with Crippen LogP contribution in [0.5, 0.6) is 0 Å². The summed E-state index contributed by atoms with van der Waals surface area (Å²) >= 11 is 0. The van der Waals surface area contributed by atoms with Crippen LogP contribution < -0.4 is 0 Å². The Morgan fingerprint density at radius 1 is 0.917 bits per heavy atom. The van der Waals surface area contributed by atoms with Crippen molar-refractivity contribution in [2.75, 3.05) is 0 Å². The van der Waals surface area contributed by atoms with Crippen molar-refractivity contribution in [1.29, 1.82) is 0 Å². The topological polar surface area (TPSA) is 186 Å². The molecule has 0 heterocycles. The Labute approximate surface area is 87.4 Å². The number of hydrogen-bond acceptors (Lipinski definition) is 6. The molecule has 0 saturated carbocycles. The van der Waals surface area contributed by atoms with Gasteiger partial charge in [-0.15, -0.1) is 0 Å². The minimum absolute atomic E-state index is 0. The summed E-state index contributed by atoms with van der Waals surface area (Å²) in [7, 11) is -9.83. The fourth-order valence-corrected chi connectivity index (χ4v) is 0. The zero-order chi connectivity index (χ0) is 9.00. The zero-order valence-electron chi connectivity index (χ0n) is 5.16. The molecule has 4 N–H and O–H groups in total. The second kappa shape index (κ2) is 8.19. The van der Waals surface area contributed by atoms with Crippen molar-refractivity contribution in [2.24, 2.45) is 0 Å². The Bertz CT molecular complexity index is 209. The summed E-state index contributed by atoms with van der Waals surface area (Å²) in [5, 5.41) is 0. The predicted octanol–water partition coefficient (Wildman–Crippen LogP) is -2.82. The van der Waals surface area contributed by atoms with Crippen molar-refractivity contribution in [1.82, 2.24) is 0 Å². The van der Waals surface area contributed by atoms with Crippen LogP contribution in [0.15, 0.2) is 0 Å². The summed E-state index contributed by atoms with van der Waals surface area (Å²) in [5.74, 6) is 0. The smallest absolute Gasteiger partial charge is 0.759 e. The van der Waals surface area contributed by atoms with Gasteiger partial charge in [-0.2, -0.15) is 8.42 Å². The van der Waals surface area contributed by atoms with E-state index in [2.05, 4.69) is 0 Å². The largest absolute Gasteiger partial charge is 2.00 e. The molecule has 12 heteroatoms. The van der Waals surface area contributed by atoms with E-state index in [1.165, 1.54) is 0 Å². The van der Waals surface area contributed by atoms with Crippen LogP contribution in [0.2, 0.25) is 0 Å². The van der Waals surface area contributed by atoms with Crippen molar-refractivity contribution >= 4 is 20.8 Å². The van der Waals surface area contributed by atoms with Crippen LogP contribution in [-0.2, 0) is 47.0 Å². The van der Waals surface area contributed by atoms with E-state index in [0.717, 1.165) is 0 Å². The van der Waals surface area contributed by atoms with Crippen molar-refractivity contribution in [2.45, 2.75) is 0 Å². The molecule has 0 aromatic carbocycles. The first-order valence-electron chi connectivity index (χ1n) is 1.37. The van der Waals surface area contributed by atoms with Crippen molar-refractivity contribution in [3.63, 3.8) is 0 Å². The van der Waals surface area contributed by atoms with Gasteiger partial charge in [0.05, 0.1) is 0 Å². The molecular weight excluding hydrogens is 299 g/mol. The molecular formula is H4O9S2Zr. The van der Waals surface area contributed by atoms with Crippen molar-refractivity contribution in [3.8, 4) is 0 Å². The molecule has 0 atom stereocenters. The van der Waals surface area contributed by atoms with Gasteiger partial charge in [0.2, 0.25) is 0 Å². The molecule has 0 saturated heterocycles. The molecule has 0 fully saturated rings. The van der Waals surface area contributed by atoms with Crippen molar-refractivity contribution in [3.05, 3.63) is 0 Å². The Morgan fingerprint density at radius 2 is 0.917 bits per heavy atom. The third-order valence-corrected chi connectivity index (χ3v) is 0. The van der Waals surface area contributed by atoms with Gasteiger partial charge in [-0.05, 0) is 0 Å². The van der Waals surface area contributed by atoms with Gasteiger partial charge in [-0.3, -0.25) is 17.5 Å². The maximum atomic E-state index is 8.74. The third-order valence-electron chi connectivity index (χ3n) is 0. The summed E-state index contributed by atoms with van der Waals surface area (Å²) in [6.07, 6.45) is 0. The van der Waals surface area contributed by atoms with Gasteiger partial charge in [0.1, 0.15) is 0 Å². The second-order valence-corrected chi connectivity index (χ2v) is 2.57. The number of hydrogen-bond donors (Lipinski definition) is 2. The van der Waals surface area contributed by atoms with E-state index in [-0.39, 0.29) is 31.7 Å². The first-order chi connectivity index (χ1) is 4.00. The van der Waals surface area contributed by atoms with E-state index in [4.69, 9.17) is 35.0 Å². The van der Waals surface area contributed by atoms with E-state index >= 15 is 0 Å². The van der Waals surface area contributed by atoms with Gasteiger partial charge in [0, 0.05) is 10.4 Å². The monoisotopic (exact) mass is 302 g/mol. The molecule has 0 amide bonds. The molecule has 0 aromatic rings. The minimum Gasteiger partial charge on any atom is -0.759 e. The molecule has 0 radical (unpaired) electrons. The zero-order valence-corrected chi connectivity index (χ0v) is 9.25. The van der Waals surface area contributed by atoms with Gasteiger partial charge >= 0.3 is 36.6 Å². The summed E-state index contributed by atoms with van der Waals surface area (Å²) in [6.45, 7) is 0. The summed E-state index contributed by atoms with van der Waals surface area (Å²) in [6, 6.07) is 0. The first kappa shape index (κ1) is 22.9. The molecule has 74 valence electrons. The van der Waals surface area contributed by atoms with E-state index in [0.29, 0.717) is 0 Å². The molecule has 0 aliphatic heterocycles. The molecule has 0 unspecified atom stereocenters. The Balaban J connectivity index is -0.0000000457.